The van der Waals surface area contributed by atoms with E-state index in [4.69, 9.17) is 4.74 Å². The summed E-state index contributed by atoms with van der Waals surface area (Å²) in [6, 6.07) is 15.2. The van der Waals surface area contributed by atoms with Gasteiger partial charge in [-0.2, -0.15) is 0 Å². The van der Waals surface area contributed by atoms with Crippen LogP contribution in [0.5, 0.6) is 5.75 Å². The van der Waals surface area contributed by atoms with E-state index in [1.54, 1.807) is 30.3 Å². The van der Waals surface area contributed by atoms with Gasteiger partial charge >= 0.3 is 0 Å². The van der Waals surface area contributed by atoms with Gasteiger partial charge in [0.1, 0.15) is 17.4 Å². The number of nitrogens with zero attached hydrogens (tertiary/aromatic N) is 2. The van der Waals surface area contributed by atoms with Crippen molar-refractivity contribution >= 4 is 34.3 Å². The van der Waals surface area contributed by atoms with E-state index >= 15 is 0 Å². The largest absolute Gasteiger partial charge is 0.495 e. The maximum atomic E-state index is 14.7. The molecule has 3 aromatic carbocycles. The molecule has 186 valence electrons. The third-order valence-electron chi connectivity index (χ3n) is 5.57. The number of carbonyl (C=O) groups excluding carboxylic acids is 1. The summed E-state index contributed by atoms with van der Waals surface area (Å²) in [4.78, 5) is 30.7. The molecule has 36 heavy (non-hydrogen) atoms. The summed E-state index contributed by atoms with van der Waals surface area (Å²) >= 11 is 0.973. The van der Waals surface area contributed by atoms with Crippen LogP contribution in [-0.4, -0.2) is 28.3 Å². The molecule has 0 atom stereocenters. The molecule has 0 saturated carbocycles. The van der Waals surface area contributed by atoms with Crippen molar-refractivity contribution in [2.75, 3.05) is 18.2 Å². The Morgan fingerprint density at radius 1 is 1.08 bits per heavy atom. The van der Waals surface area contributed by atoms with Crippen LogP contribution in [0.25, 0.3) is 16.6 Å². The van der Waals surface area contributed by atoms with Gasteiger partial charge in [0.15, 0.2) is 5.16 Å². The number of para-hydroxylation sites is 1. The van der Waals surface area contributed by atoms with Crippen LogP contribution in [-0.2, 0) is 10.2 Å². The van der Waals surface area contributed by atoms with Crippen molar-refractivity contribution < 1.29 is 18.3 Å². The van der Waals surface area contributed by atoms with Gasteiger partial charge in [0.2, 0.25) is 5.91 Å². The van der Waals surface area contributed by atoms with Gasteiger partial charge in [0.25, 0.3) is 5.56 Å². The molecular formula is C27H25F2N3O3S. The summed E-state index contributed by atoms with van der Waals surface area (Å²) in [6.07, 6.45) is 0. The molecule has 1 heterocycles. The lowest BCUT2D eigenvalue weighted by atomic mass is 9.87. The molecule has 0 fully saturated rings. The molecule has 6 nitrogen and oxygen atoms in total. The second kappa shape index (κ2) is 10.1. The number of hydrogen-bond donors (Lipinski definition) is 1. The minimum absolute atomic E-state index is 0.106. The highest BCUT2D eigenvalue weighted by atomic mass is 32.2. The van der Waals surface area contributed by atoms with Crippen LogP contribution in [0.15, 0.2) is 70.6 Å². The van der Waals surface area contributed by atoms with Gasteiger partial charge in [-0.25, -0.2) is 13.8 Å². The summed E-state index contributed by atoms with van der Waals surface area (Å²) in [5.74, 6) is -1.65. The van der Waals surface area contributed by atoms with Crippen LogP contribution in [0.3, 0.4) is 0 Å². The molecule has 0 unspecified atom stereocenters. The number of rotatable bonds is 6. The van der Waals surface area contributed by atoms with Crippen LogP contribution in [0.1, 0.15) is 26.3 Å². The molecule has 4 aromatic rings. The first-order valence-corrected chi connectivity index (χ1v) is 12.2. The van der Waals surface area contributed by atoms with Gasteiger partial charge < -0.3 is 10.1 Å². The fourth-order valence-electron chi connectivity index (χ4n) is 3.67. The van der Waals surface area contributed by atoms with E-state index in [1.807, 2.05) is 12.1 Å². The lowest BCUT2D eigenvalue weighted by Gasteiger charge is -2.21. The number of amides is 1. The first-order valence-electron chi connectivity index (χ1n) is 11.2. The third-order valence-corrected chi connectivity index (χ3v) is 6.51. The van der Waals surface area contributed by atoms with Crippen LogP contribution >= 0.6 is 11.8 Å². The third kappa shape index (κ3) is 5.26. The van der Waals surface area contributed by atoms with E-state index in [0.29, 0.717) is 23.0 Å². The zero-order valence-electron chi connectivity index (χ0n) is 20.3. The molecule has 0 saturated heterocycles. The number of methoxy groups -OCH3 is 1. The van der Waals surface area contributed by atoms with E-state index in [2.05, 4.69) is 31.1 Å². The Labute approximate surface area is 211 Å². The SMILES string of the molecule is COc1ccc(C(C)(C)C)cc1NC(=O)CSc1nc2ccccc2c(=O)n1-c1ccc(F)cc1F. The summed E-state index contributed by atoms with van der Waals surface area (Å²) in [7, 11) is 1.52. The Kier molecular flexibility index (Phi) is 7.12. The number of halogens is 2. The highest BCUT2D eigenvalue weighted by Crippen LogP contribution is 2.32. The average molecular weight is 510 g/mol. The Morgan fingerprint density at radius 3 is 2.53 bits per heavy atom. The molecule has 0 spiro atoms. The van der Waals surface area contributed by atoms with E-state index in [0.717, 1.165) is 28.0 Å². The van der Waals surface area contributed by atoms with Gasteiger partial charge in [-0.15, -0.1) is 0 Å². The normalized spacial score (nSPS) is 11.5. The Balaban J connectivity index is 1.67. The maximum Gasteiger partial charge on any atom is 0.266 e. The number of anilines is 1. The number of fused-ring (bicyclic) bond motifs is 1. The molecule has 0 bridgehead atoms. The van der Waals surface area contributed by atoms with Gasteiger partial charge in [-0.05, 0) is 47.4 Å². The van der Waals surface area contributed by atoms with Crippen molar-refractivity contribution in [2.45, 2.75) is 31.3 Å². The fraction of sp³-hybridized carbons (Fsp3) is 0.222. The minimum atomic E-state index is -0.913. The van der Waals surface area contributed by atoms with Crippen LogP contribution < -0.4 is 15.6 Å². The number of nitrogens with one attached hydrogen (secondary N) is 1. The predicted molar refractivity (Wildman–Crippen MR) is 138 cm³/mol. The Bertz CT molecular complexity index is 1510. The second-order valence-corrected chi connectivity index (χ2v) is 10.1. The van der Waals surface area contributed by atoms with E-state index < -0.39 is 17.2 Å². The van der Waals surface area contributed by atoms with Crippen molar-refractivity contribution in [3.8, 4) is 11.4 Å². The van der Waals surface area contributed by atoms with Crippen molar-refractivity contribution in [3.05, 3.63) is 88.2 Å². The quantitative estimate of drug-likeness (QED) is 0.267. The van der Waals surface area contributed by atoms with Crippen molar-refractivity contribution in [1.82, 2.24) is 9.55 Å². The van der Waals surface area contributed by atoms with Crippen molar-refractivity contribution in [3.63, 3.8) is 0 Å². The first kappa shape index (κ1) is 25.4. The standard InChI is InChI=1S/C27H25F2N3O3S/c1-27(2,3)16-9-12-23(35-4)21(13-16)30-24(33)15-36-26-31-20-8-6-5-7-18(20)25(34)32(26)22-11-10-17(28)14-19(22)29/h5-14H,15H2,1-4H3,(H,30,33). The molecule has 1 amide bonds. The van der Waals surface area contributed by atoms with E-state index in [1.165, 1.54) is 13.2 Å². The molecule has 0 aliphatic heterocycles. The number of carbonyl (C=O) groups is 1. The number of hydrogen-bond acceptors (Lipinski definition) is 5. The topological polar surface area (TPSA) is 73.2 Å². The number of aromatic nitrogens is 2. The zero-order chi connectivity index (χ0) is 26.0. The highest BCUT2D eigenvalue weighted by molar-refractivity contribution is 7.99. The first-order chi connectivity index (χ1) is 17.1. The molecule has 0 aliphatic carbocycles. The second-order valence-electron chi connectivity index (χ2n) is 9.15. The van der Waals surface area contributed by atoms with Crippen LogP contribution in [0.4, 0.5) is 14.5 Å². The molecular weight excluding hydrogens is 484 g/mol. The van der Waals surface area contributed by atoms with Gasteiger partial charge in [0, 0.05) is 6.07 Å². The van der Waals surface area contributed by atoms with Crippen molar-refractivity contribution in [1.29, 1.82) is 0 Å². The van der Waals surface area contributed by atoms with E-state index in [9.17, 15) is 18.4 Å². The molecule has 9 heteroatoms. The van der Waals surface area contributed by atoms with E-state index in [-0.39, 0.29) is 33.3 Å². The number of thioether (sulfide) groups is 1. The highest BCUT2D eigenvalue weighted by Gasteiger charge is 2.20. The lowest BCUT2D eigenvalue weighted by molar-refractivity contribution is -0.113. The predicted octanol–water partition coefficient (Wildman–Crippen LogP) is 5.70. The maximum absolute atomic E-state index is 14.7. The molecule has 0 aliphatic rings. The summed E-state index contributed by atoms with van der Waals surface area (Å²) in [5, 5.41) is 3.23. The van der Waals surface area contributed by atoms with Crippen LogP contribution in [0.2, 0.25) is 0 Å². The molecule has 1 aromatic heterocycles. The van der Waals surface area contributed by atoms with Crippen molar-refractivity contribution in [2.24, 2.45) is 0 Å². The molecule has 0 radical (unpaired) electrons. The van der Waals surface area contributed by atoms with Gasteiger partial charge in [-0.3, -0.25) is 14.2 Å². The lowest BCUT2D eigenvalue weighted by Crippen LogP contribution is -2.24. The van der Waals surface area contributed by atoms with Gasteiger partial charge in [-0.1, -0.05) is 50.7 Å². The Morgan fingerprint density at radius 2 is 1.83 bits per heavy atom. The minimum Gasteiger partial charge on any atom is -0.495 e. The number of ether oxygens (including phenoxy) is 1. The molecule has 4 rings (SSSR count). The Hall–Kier alpha value is -3.72. The average Bonchev–Trinajstić information content (AvgIpc) is 2.83. The summed E-state index contributed by atoms with van der Waals surface area (Å²) < 4.78 is 34.7. The summed E-state index contributed by atoms with van der Waals surface area (Å²) in [6.45, 7) is 6.19. The number of benzene rings is 3. The van der Waals surface area contributed by atoms with Gasteiger partial charge in [0.05, 0.1) is 35.1 Å². The monoisotopic (exact) mass is 509 g/mol. The van der Waals surface area contributed by atoms with Crippen LogP contribution in [0, 0.1) is 11.6 Å². The fourth-order valence-corrected chi connectivity index (χ4v) is 4.48. The smallest absolute Gasteiger partial charge is 0.266 e. The molecule has 1 N–H and O–H groups in total. The summed E-state index contributed by atoms with van der Waals surface area (Å²) in [5.41, 5.74) is 1.14. The zero-order valence-corrected chi connectivity index (χ0v) is 21.1.